The first-order chi connectivity index (χ1) is 5.09. The van der Waals surface area contributed by atoms with Crippen LogP contribution in [-0.2, 0) is 0 Å². The standard InChI is InChI=1S/C9H12BrF/c1-4-5-6-8(11)9(10)7(2)3/h4-6H,1-3H3/b5-4-,8-6+. The molecule has 0 aliphatic rings. The van der Waals surface area contributed by atoms with E-state index in [9.17, 15) is 4.39 Å². The van der Waals surface area contributed by atoms with E-state index >= 15 is 0 Å². The largest absolute Gasteiger partial charge is 0.206 e. The second kappa shape index (κ2) is 5.30. The normalized spacial score (nSPS) is 12.3. The van der Waals surface area contributed by atoms with Crippen LogP contribution in [0.4, 0.5) is 4.39 Å². The third kappa shape index (κ3) is 4.14. The molecule has 62 valence electrons. The van der Waals surface area contributed by atoms with E-state index in [1.165, 1.54) is 6.08 Å². The van der Waals surface area contributed by atoms with E-state index in [-0.39, 0.29) is 5.83 Å². The first-order valence-corrected chi connectivity index (χ1v) is 4.20. The van der Waals surface area contributed by atoms with Gasteiger partial charge in [-0.15, -0.1) is 0 Å². The zero-order chi connectivity index (χ0) is 8.85. The third-order valence-corrected chi connectivity index (χ3v) is 2.26. The van der Waals surface area contributed by atoms with E-state index in [2.05, 4.69) is 15.9 Å². The van der Waals surface area contributed by atoms with Gasteiger partial charge in [-0.05, 0) is 42.8 Å². The van der Waals surface area contributed by atoms with Crippen LogP contribution in [0.3, 0.4) is 0 Å². The second-order valence-electron chi connectivity index (χ2n) is 2.35. The predicted molar refractivity (Wildman–Crippen MR) is 51.3 cm³/mol. The van der Waals surface area contributed by atoms with Gasteiger partial charge in [0.1, 0.15) is 5.83 Å². The number of halogens is 2. The molecule has 0 nitrogen and oxygen atoms in total. The molecule has 0 spiro atoms. The molecule has 0 amide bonds. The lowest BCUT2D eigenvalue weighted by Crippen LogP contribution is -1.76. The molecule has 0 N–H and O–H groups in total. The Morgan fingerprint density at radius 3 is 2.27 bits per heavy atom. The maximum atomic E-state index is 12.9. The molecule has 0 rings (SSSR count). The Bertz CT molecular complexity index is 208. The topological polar surface area (TPSA) is 0 Å². The molecule has 0 fully saturated rings. The highest BCUT2D eigenvalue weighted by molar-refractivity contribution is 9.12. The van der Waals surface area contributed by atoms with Gasteiger partial charge >= 0.3 is 0 Å². The lowest BCUT2D eigenvalue weighted by atomic mass is 10.3. The van der Waals surface area contributed by atoms with E-state index in [1.807, 2.05) is 20.8 Å². The zero-order valence-corrected chi connectivity index (χ0v) is 8.57. The minimum Gasteiger partial charge on any atom is -0.206 e. The molecule has 2 heteroatoms. The van der Waals surface area contributed by atoms with Crippen LogP contribution in [0.1, 0.15) is 20.8 Å². The van der Waals surface area contributed by atoms with Gasteiger partial charge in [-0.3, -0.25) is 0 Å². The van der Waals surface area contributed by atoms with Crippen LogP contribution in [0.2, 0.25) is 0 Å². The Morgan fingerprint density at radius 2 is 1.91 bits per heavy atom. The Morgan fingerprint density at radius 1 is 1.36 bits per heavy atom. The fourth-order valence-corrected chi connectivity index (χ4v) is 0.625. The van der Waals surface area contributed by atoms with E-state index in [1.54, 1.807) is 12.2 Å². The number of hydrogen-bond acceptors (Lipinski definition) is 0. The summed E-state index contributed by atoms with van der Waals surface area (Å²) in [6.07, 6.45) is 4.88. The van der Waals surface area contributed by atoms with Crippen molar-refractivity contribution >= 4 is 15.9 Å². The molecule has 0 aliphatic heterocycles. The van der Waals surface area contributed by atoms with Crippen molar-refractivity contribution in [2.24, 2.45) is 0 Å². The highest BCUT2D eigenvalue weighted by atomic mass is 79.9. The van der Waals surface area contributed by atoms with Gasteiger partial charge in [-0.2, -0.15) is 0 Å². The van der Waals surface area contributed by atoms with Crippen molar-refractivity contribution < 1.29 is 4.39 Å². The molecule has 11 heavy (non-hydrogen) atoms. The van der Waals surface area contributed by atoms with Crippen molar-refractivity contribution in [2.45, 2.75) is 20.8 Å². The fraction of sp³-hybridized carbons (Fsp3) is 0.333. The lowest BCUT2D eigenvalue weighted by molar-refractivity contribution is 0.662. The van der Waals surface area contributed by atoms with E-state index in [4.69, 9.17) is 0 Å². The van der Waals surface area contributed by atoms with Gasteiger partial charge in [0.15, 0.2) is 0 Å². The average Bonchev–Trinajstić information content (AvgIpc) is 1.98. The Hall–Kier alpha value is -0.370. The third-order valence-electron chi connectivity index (χ3n) is 1.08. The molecule has 0 aromatic heterocycles. The van der Waals surface area contributed by atoms with E-state index < -0.39 is 0 Å². The molecular weight excluding hydrogens is 207 g/mol. The Labute approximate surface area is 75.6 Å². The summed E-state index contributed by atoms with van der Waals surface area (Å²) in [5.74, 6) is -0.233. The van der Waals surface area contributed by atoms with Gasteiger partial charge in [0, 0.05) is 0 Å². The molecule has 0 aromatic carbocycles. The van der Waals surface area contributed by atoms with Crippen LogP contribution in [0, 0.1) is 0 Å². The smallest absolute Gasteiger partial charge is 0.137 e. The Kier molecular flexibility index (Phi) is 5.12. The van der Waals surface area contributed by atoms with Crippen molar-refractivity contribution in [3.8, 4) is 0 Å². The summed E-state index contributed by atoms with van der Waals surface area (Å²) in [5, 5.41) is 0. The van der Waals surface area contributed by atoms with E-state index in [0.29, 0.717) is 4.48 Å². The maximum absolute atomic E-state index is 12.9. The minimum absolute atomic E-state index is 0.233. The maximum Gasteiger partial charge on any atom is 0.137 e. The monoisotopic (exact) mass is 218 g/mol. The molecule has 0 heterocycles. The van der Waals surface area contributed by atoms with Crippen molar-refractivity contribution in [1.29, 1.82) is 0 Å². The molecule has 0 unspecified atom stereocenters. The highest BCUT2D eigenvalue weighted by Gasteiger charge is 1.99. The fourth-order valence-electron chi connectivity index (χ4n) is 0.493. The first kappa shape index (κ1) is 10.6. The summed E-state index contributed by atoms with van der Waals surface area (Å²) >= 11 is 3.14. The summed E-state index contributed by atoms with van der Waals surface area (Å²) in [4.78, 5) is 0. The minimum atomic E-state index is -0.233. The van der Waals surface area contributed by atoms with Crippen molar-refractivity contribution in [2.75, 3.05) is 0 Å². The molecule has 0 saturated heterocycles. The van der Waals surface area contributed by atoms with Gasteiger partial charge in [0.05, 0.1) is 4.48 Å². The summed E-state index contributed by atoms with van der Waals surface area (Å²) in [7, 11) is 0. The van der Waals surface area contributed by atoms with Crippen molar-refractivity contribution in [3.05, 3.63) is 34.1 Å². The first-order valence-electron chi connectivity index (χ1n) is 3.41. The number of allylic oxidation sites excluding steroid dienone is 6. The highest BCUT2D eigenvalue weighted by Crippen LogP contribution is 2.22. The lowest BCUT2D eigenvalue weighted by Gasteiger charge is -1.95. The average molecular weight is 219 g/mol. The van der Waals surface area contributed by atoms with Gasteiger partial charge < -0.3 is 0 Å². The SMILES string of the molecule is C/C=C\C=C(\F)C(Br)=C(C)C. The van der Waals surface area contributed by atoms with Crippen molar-refractivity contribution in [3.63, 3.8) is 0 Å². The summed E-state index contributed by atoms with van der Waals surface area (Å²) < 4.78 is 13.5. The van der Waals surface area contributed by atoms with Crippen LogP contribution in [-0.4, -0.2) is 0 Å². The van der Waals surface area contributed by atoms with Crippen LogP contribution in [0.15, 0.2) is 34.1 Å². The van der Waals surface area contributed by atoms with E-state index in [0.717, 1.165) is 5.57 Å². The van der Waals surface area contributed by atoms with Gasteiger partial charge in [-0.1, -0.05) is 17.7 Å². The quantitative estimate of drug-likeness (QED) is 0.613. The van der Waals surface area contributed by atoms with Crippen molar-refractivity contribution in [1.82, 2.24) is 0 Å². The molecule has 0 radical (unpaired) electrons. The summed E-state index contributed by atoms with van der Waals surface area (Å²) in [6.45, 7) is 5.56. The van der Waals surface area contributed by atoms with Crippen LogP contribution < -0.4 is 0 Å². The Balaban J connectivity index is 4.49. The van der Waals surface area contributed by atoms with Crippen LogP contribution >= 0.6 is 15.9 Å². The molecule has 0 aliphatic carbocycles. The molecule has 0 saturated carbocycles. The number of rotatable bonds is 2. The van der Waals surface area contributed by atoms with Gasteiger partial charge in [-0.25, -0.2) is 4.39 Å². The van der Waals surface area contributed by atoms with Gasteiger partial charge in [0.2, 0.25) is 0 Å². The van der Waals surface area contributed by atoms with Crippen LogP contribution in [0.5, 0.6) is 0 Å². The summed E-state index contributed by atoms with van der Waals surface area (Å²) in [5.41, 5.74) is 0.934. The van der Waals surface area contributed by atoms with Crippen LogP contribution in [0.25, 0.3) is 0 Å². The van der Waals surface area contributed by atoms with Gasteiger partial charge in [0.25, 0.3) is 0 Å². The number of hydrogen-bond donors (Lipinski definition) is 0. The second-order valence-corrected chi connectivity index (χ2v) is 3.15. The molecule has 0 bridgehead atoms. The molecular formula is C9H12BrF. The molecule has 0 aromatic rings. The molecule has 0 atom stereocenters. The zero-order valence-electron chi connectivity index (χ0n) is 6.99. The summed E-state index contributed by atoms with van der Waals surface area (Å²) in [6, 6.07) is 0. The predicted octanol–water partition coefficient (Wildman–Crippen LogP) is 4.10.